The van der Waals surface area contributed by atoms with E-state index in [-0.39, 0.29) is 5.92 Å². The fourth-order valence-electron chi connectivity index (χ4n) is 2.08. The lowest BCUT2D eigenvalue weighted by Crippen LogP contribution is -2.36. The summed E-state index contributed by atoms with van der Waals surface area (Å²) in [5.41, 5.74) is 7.72. The van der Waals surface area contributed by atoms with Crippen molar-refractivity contribution in [1.29, 1.82) is 0 Å². The number of hydrogen-bond acceptors (Lipinski definition) is 4. The highest BCUT2D eigenvalue weighted by molar-refractivity contribution is 5.54. The summed E-state index contributed by atoms with van der Waals surface area (Å²) in [5, 5.41) is 9.84. The molecule has 1 aliphatic rings. The maximum atomic E-state index is 9.84. The van der Waals surface area contributed by atoms with E-state index in [1.807, 2.05) is 19.1 Å². The average Bonchev–Trinajstić information content (AvgIpc) is 2.39. The molecule has 4 heteroatoms. The van der Waals surface area contributed by atoms with Gasteiger partial charge in [0.25, 0.3) is 0 Å². The molecule has 1 aromatic rings. The number of morpholine rings is 1. The van der Waals surface area contributed by atoms with Gasteiger partial charge in [0, 0.05) is 18.8 Å². The zero-order chi connectivity index (χ0) is 12.3. The molecule has 1 saturated heterocycles. The van der Waals surface area contributed by atoms with Crippen LogP contribution in [0, 0.1) is 0 Å². The summed E-state index contributed by atoms with van der Waals surface area (Å²) in [7, 11) is 0. The first-order valence-corrected chi connectivity index (χ1v) is 6.08. The zero-order valence-electron chi connectivity index (χ0n) is 10.2. The van der Waals surface area contributed by atoms with E-state index < -0.39 is 0 Å². The Morgan fingerprint density at radius 1 is 1.41 bits per heavy atom. The van der Waals surface area contributed by atoms with Crippen molar-refractivity contribution in [2.45, 2.75) is 12.8 Å². The van der Waals surface area contributed by atoms with Gasteiger partial charge in [-0.15, -0.1) is 0 Å². The highest BCUT2D eigenvalue weighted by Gasteiger charge is 2.15. The summed E-state index contributed by atoms with van der Waals surface area (Å²) in [4.78, 5) is 2.27. The van der Waals surface area contributed by atoms with E-state index in [1.165, 1.54) is 0 Å². The van der Waals surface area contributed by atoms with Crippen LogP contribution < -0.4 is 10.6 Å². The van der Waals surface area contributed by atoms with Crippen molar-refractivity contribution >= 4 is 5.69 Å². The minimum atomic E-state index is 0.177. The standard InChI is InChI=1S/C13H20N2O2/c1-10(9-14)12-8-11(2-3-13(12)16)15-4-6-17-7-5-15/h2-3,8,10,16H,4-7,9,14H2,1H3. The van der Waals surface area contributed by atoms with Crippen LogP contribution in [-0.4, -0.2) is 38.0 Å². The molecule has 94 valence electrons. The van der Waals surface area contributed by atoms with Crippen LogP contribution in [-0.2, 0) is 4.74 Å². The molecule has 1 fully saturated rings. The van der Waals surface area contributed by atoms with E-state index in [4.69, 9.17) is 10.5 Å². The summed E-state index contributed by atoms with van der Waals surface area (Å²) in [5.74, 6) is 0.510. The lowest BCUT2D eigenvalue weighted by atomic mass is 9.99. The molecule has 1 heterocycles. The van der Waals surface area contributed by atoms with E-state index >= 15 is 0 Å². The fraction of sp³-hybridized carbons (Fsp3) is 0.538. The highest BCUT2D eigenvalue weighted by Crippen LogP contribution is 2.29. The van der Waals surface area contributed by atoms with Crippen LogP contribution in [0.3, 0.4) is 0 Å². The molecule has 0 bridgehead atoms. The van der Waals surface area contributed by atoms with Crippen molar-refractivity contribution in [1.82, 2.24) is 0 Å². The van der Waals surface area contributed by atoms with Crippen molar-refractivity contribution in [3.05, 3.63) is 23.8 Å². The van der Waals surface area contributed by atoms with Gasteiger partial charge in [-0.25, -0.2) is 0 Å². The normalized spacial score (nSPS) is 18.1. The second kappa shape index (κ2) is 5.38. The van der Waals surface area contributed by atoms with Gasteiger partial charge in [0.1, 0.15) is 5.75 Å². The molecule has 1 aliphatic heterocycles. The number of nitrogens with two attached hydrogens (primary N) is 1. The van der Waals surface area contributed by atoms with Crippen LogP contribution in [0.15, 0.2) is 18.2 Å². The van der Waals surface area contributed by atoms with Crippen molar-refractivity contribution in [3.63, 3.8) is 0 Å². The molecule has 17 heavy (non-hydrogen) atoms. The molecular formula is C13H20N2O2. The predicted molar refractivity (Wildman–Crippen MR) is 68.6 cm³/mol. The number of ether oxygens (including phenoxy) is 1. The van der Waals surface area contributed by atoms with E-state index in [0.717, 1.165) is 37.6 Å². The molecule has 1 aromatic carbocycles. The molecule has 4 nitrogen and oxygen atoms in total. The molecule has 0 spiro atoms. The first kappa shape index (κ1) is 12.2. The van der Waals surface area contributed by atoms with Gasteiger partial charge in [-0.3, -0.25) is 0 Å². The number of aromatic hydroxyl groups is 1. The van der Waals surface area contributed by atoms with Crippen molar-refractivity contribution < 1.29 is 9.84 Å². The van der Waals surface area contributed by atoms with Gasteiger partial charge in [0.15, 0.2) is 0 Å². The molecule has 1 atom stereocenters. The van der Waals surface area contributed by atoms with Crippen LogP contribution in [0.25, 0.3) is 0 Å². The Bertz CT molecular complexity index is 376. The van der Waals surface area contributed by atoms with Crippen LogP contribution in [0.1, 0.15) is 18.4 Å². The average molecular weight is 236 g/mol. The monoisotopic (exact) mass is 236 g/mol. The predicted octanol–water partition coefficient (Wildman–Crippen LogP) is 1.29. The number of anilines is 1. The summed E-state index contributed by atoms with van der Waals surface area (Å²) in [6, 6.07) is 5.75. The molecule has 0 aliphatic carbocycles. The third-order valence-electron chi connectivity index (χ3n) is 3.27. The van der Waals surface area contributed by atoms with Gasteiger partial charge in [0.2, 0.25) is 0 Å². The number of nitrogens with zero attached hydrogens (tertiary/aromatic N) is 1. The van der Waals surface area contributed by atoms with Crippen molar-refractivity contribution in [2.24, 2.45) is 5.73 Å². The van der Waals surface area contributed by atoms with Gasteiger partial charge in [-0.2, -0.15) is 0 Å². The SMILES string of the molecule is CC(CN)c1cc(N2CCOCC2)ccc1O. The minimum absolute atomic E-state index is 0.177. The van der Waals surface area contributed by atoms with Gasteiger partial charge in [0.05, 0.1) is 13.2 Å². The quantitative estimate of drug-likeness (QED) is 0.830. The van der Waals surface area contributed by atoms with Crippen LogP contribution >= 0.6 is 0 Å². The topological polar surface area (TPSA) is 58.7 Å². The van der Waals surface area contributed by atoms with Gasteiger partial charge in [-0.05, 0) is 36.2 Å². The third-order valence-corrected chi connectivity index (χ3v) is 3.27. The molecule has 1 unspecified atom stereocenters. The van der Waals surface area contributed by atoms with Gasteiger partial charge in [-0.1, -0.05) is 6.92 Å². The van der Waals surface area contributed by atoms with E-state index in [9.17, 15) is 5.11 Å². The Morgan fingerprint density at radius 2 is 2.12 bits per heavy atom. The lowest BCUT2D eigenvalue weighted by molar-refractivity contribution is 0.122. The molecule has 0 amide bonds. The summed E-state index contributed by atoms with van der Waals surface area (Å²) in [6.45, 7) is 5.91. The van der Waals surface area contributed by atoms with Crippen molar-refractivity contribution in [2.75, 3.05) is 37.7 Å². The molecule has 0 radical (unpaired) electrons. The largest absolute Gasteiger partial charge is 0.508 e. The molecule has 0 saturated carbocycles. The first-order valence-electron chi connectivity index (χ1n) is 6.08. The number of rotatable bonds is 3. The highest BCUT2D eigenvalue weighted by atomic mass is 16.5. The smallest absolute Gasteiger partial charge is 0.119 e. The zero-order valence-corrected chi connectivity index (χ0v) is 10.2. The summed E-state index contributed by atoms with van der Waals surface area (Å²) < 4.78 is 5.33. The number of phenolic OH excluding ortho intramolecular Hbond substituents is 1. The van der Waals surface area contributed by atoms with E-state index in [1.54, 1.807) is 6.07 Å². The van der Waals surface area contributed by atoms with Gasteiger partial charge >= 0.3 is 0 Å². The van der Waals surface area contributed by atoms with Crippen molar-refractivity contribution in [3.8, 4) is 5.75 Å². The number of hydrogen-bond donors (Lipinski definition) is 2. The minimum Gasteiger partial charge on any atom is -0.508 e. The number of phenols is 1. The lowest BCUT2D eigenvalue weighted by Gasteiger charge is -2.29. The summed E-state index contributed by atoms with van der Waals surface area (Å²) >= 11 is 0. The number of benzene rings is 1. The molecule has 0 aromatic heterocycles. The Labute approximate surface area is 102 Å². The van der Waals surface area contributed by atoms with E-state index in [0.29, 0.717) is 12.3 Å². The second-order valence-corrected chi connectivity index (χ2v) is 4.48. The Kier molecular flexibility index (Phi) is 3.86. The Balaban J connectivity index is 2.23. The maximum Gasteiger partial charge on any atom is 0.119 e. The van der Waals surface area contributed by atoms with Crippen LogP contribution in [0.2, 0.25) is 0 Å². The van der Waals surface area contributed by atoms with Gasteiger partial charge < -0.3 is 20.5 Å². The Hall–Kier alpha value is -1.26. The van der Waals surface area contributed by atoms with E-state index in [2.05, 4.69) is 4.90 Å². The van der Waals surface area contributed by atoms with Crippen LogP contribution in [0.5, 0.6) is 5.75 Å². The fourth-order valence-corrected chi connectivity index (χ4v) is 2.08. The molecular weight excluding hydrogens is 216 g/mol. The first-order chi connectivity index (χ1) is 8.22. The van der Waals surface area contributed by atoms with Crippen LogP contribution in [0.4, 0.5) is 5.69 Å². The Morgan fingerprint density at radius 3 is 2.76 bits per heavy atom. The molecule has 2 rings (SSSR count). The maximum absolute atomic E-state index is 9.84. The third kappa shape index (κ3) is 2.70. The molecule has 3 N–H and O–H groups in total. The summed E-state index contributed by atoms with van der Waals surface area (Å²) in [6.07, 6.45) is 0. The second-order valence-electron chi connectivity index (χ2n) is 4.48.